The lowest BCUT2D eigenvalue weighted by molar-refractivity contribution is -0.123. The lowest BCUT2D eigenvalue weighted by atomic mass is 10.1. The summed E-state index contributed by atoms with van der Waals surface area (Å²) in [6.07, 6.45) is 0.446. The van der Waals surface area contributed by atoms with E-state index in [0.717, 1.165) is 6.92 Å². The highest BCUT2D eigenvalue weighted by Gasteiger charge is 2.29. The van der Waals surface area contributed by atoms with E-state index in [-0.39, 0.29) is 40.6 Å². The quantitative estimate of drug-likeness (QED) is 0.581. The first-order chi connectivity index (χ1) is 14.8. The maximum Gasteiger partial charge on any atom is 0.286 e. The number of rotatable bonds is 9. The molecule has 3 heterocycles. The topological polar surface area (TPSA) is 85.4 Å². The summed E-state index contributed by atoms with van der Waals surface area (Å²) in [6, 6.07) is 5.60. The molecule has 0 unspecified atom stereocenters. The molecule has 31 heavy (non-hydrogen) atoms. The maximum absolute atomic E-state index is 13.4. The molecule has 172 valence electrons. The van der Waals surface area contributed by atoms with Gasteiger partial charge in [0.1, 0.15) is 18.5 Å². The first kappa shape index (κ1) is 23.0. The Morgan fingerprint density at radius 3 is 2.74 bits per heavy atom. The third-order valence-corrected chi connectivity index (χ3v) is 4.78. The summed E-state index contributed by atoms with van der Waals surface area (Å²) < 4.78 is 50.8. The van der Waals surface area contributed by atoms with Gasteiger partial charge in [-0.15, -0.1) is 0 Å². The summed E-state index contributed by atoms with van der Waals surface area (Å²) >= 11 is 0. The Morgan fingerprint density at radius 1 is 1.32 bits per heavy atom. The fourth-order valence-electron chi connectivity index (χ4n) is 3.14. The number of hydrogen-bond acceptors (Lipinski definition) is 6. The monoisotopic (exact) mass is 442 g/mol. The van der Waals surface area contributed by atoms with E-state index < -0.39 is 18.1 Å². The van der Waals surface area contributed by atoms with Gasteiger partial charge in [0.25, 0.3) is 5.92 Å². The zero-order chi connectivity index (χ0) is 22.4. The second-order valence-electron chi connectivity index (χ2n) is 7.36. The molecule has 0 radical (unpaired) electrons. The zero-order valence-electron chi connectivity index (χ0n) is 17.3. The summed E-state index contributed by atoms with van der Waals surface area (Å²) in [5.41, 5.74) is 1.41. The third kappa shape index (κ3) is 6.38. The number of nitrogens with zero attached hydrogens (tertiary/aromatic N) is 2. The third-order valence-electron chi connectivity index (χ3n) is 4.78. The second-order valence-corrected chi connectivity index (χ2v) is 7.36. The molecule has 2 atom stereocenters. The fraction of sp³-hybridized carbons (Fsp3) is 0.476. The highest BCUT2D eigenvalue weighted by atomic mass is 19.3. The standard InChI is InChI=1S/C21H25F3N4O3.2H2/c1-21(23,24)18-4-3-13(10-26-18)14-7-16(28-19(8-14)31-6-5-30-2)12-27-20(29)17-9-15(22)11-25-17;;/h3-4,7-8,10,15,17,25H,5-6,9,11-12H2,1-2H3,(H,27,29);2*1H/t15-,17+;;/m1../s1. The highest BCUT2D eigenvalue weighted by Crippen LogP contribution is 2.28. The predicted molar refractivity (Wildman–Crippen MR) is 112 cm³/mol. The van der Waals surface area contributed by atoms with Crippen LogP contribution < -0.4 is 15.4 Å². The number of halogens is 3. The van der Waals surface area contributed by atoms with Crippen LogP contribution in [-0.2, 0) is 22.0 Å². The van der Waals surface area contributed by atoms with Crippen LogP contribution in [0.25, 0.3) is 11.1 Å². The number of ether oxygens (including phenoxy) is 2. The lowest BCUT2D eigenvalue weighted by Crippen LogP contribution is -2.40. The van der Waals surface area contributed by atoms with Gasteiger partial charge in [-0.3, -0.25) is 9.78 Å². The Labute approximate surface area is 181 Å². The Morgan fingerprint density at radius 2 is 2.13 bits per heavy atom. The average Bonchev–Trinajstić information content (AvgIpc) is 3.18. The number of carbonyl (C=O) groups excluding carboxylic acids is 1. The van der Waals surface area contributed by atoms with Crippen molar-refractivity contribution in [3.05, 3.63) is 41.9 Å². The Bertz CT molecular complexity index is 901. The summed E-state index contributed by atoms with van der Waals surface area (Å²) in [4.78, 5) is 20.5. The Balaban J connectivity index is 0.00000272. The molecule has 2 N–H and O–H groups in total. The van der Waals surface area contributed by atoms with E-state index in [0.29, 0.717) is 29.3 Å². The van der Waals surface area contributed by atoms with Gasteiger partial charge in [0.2, 0.25) is 11.8 Å². The summed E-state index contributed by atoms with van der Waals surface area (Å²) in [6.45, 7) is 1.66. The number of alkyl halides is 3. The van der Waals surface area contributed by atoms with E-state index in [2.05, 4.69) is 20.6 Å². The van der Waals surface area contributed by atoms with Crippen LogP contribution in [0.1, 0.15) is 27.6 Å². The van der Waals surface area contributed by atoms with Crippen LogP contribution in [0.2, 0.25) is 0 Å². The number of aromatic nitrogens is 2. The molecule has 0 saturated carbocycles. The molecule has 1 fully saturated rings. The highest BCUT2D eigenvalue weighted by molar-refractivity contribution is 5.82. The van der Waals surface area contributed by atoms with Crippen molar-refractivity contribution in [2.75, 3.05) is 26.9 Å². The lowest BCUT2D eigenvalue weighted by Gasteiger charge is -2.14. The molecule has 7 nitrogen and oxygen atoms in total. The van der Waals surface area contributed by atoms with Crippen molar-refractivity contribution < 1.29 is 30.3 Å². The van der Waals surface area contributed by atoms with Gasteiger partial charge in [0.05, 0.1) is 24.9 Å². The van der Waals surface area contributed by atoms with E-state index in [4.69, 9.17) is 9.47 Å². The van der Waals surface area contributed by atoms with Crippen molar-refractivity contribution in [2.45, 2.75) is 38.0 Å². The van der Waals surface area contributed by atoms with Crippen LogP contribution >= 0.6 is 0 Å². The number of pyridine rings is 2. The zero-order valence-corrected chi connectivity index (χ0v) is 17.3. The minimum atomic E-state index is -3.03. The van der Waals surface area contributed by atoms with Crippen molar-refractivity contribution in [1.82, 2.24) is 20.6 Å². The Hall–Kier alpha value is -2.72. The minimum Gasteiger partial charge on any atom is -0.475 e. The van der Waals surface area contributed by atoms with Gasteiger partial charge in [-0.1, -0.05) is 6.07 Å². The Kier molecular flexibility index (Phi) is 7.45. The smallest absolute Gasteiger partial charge is 0.286 e. The van der Waals surface area contributed by atoms with Crippen molar-refractivity contribution in [3.8, 4) is 17.0 Å². The van der Waals surface area contributed by atoms with Gasteiger partial charge < -0.3 is 20.1 Å². The van der Waals surface area contributed by atoms with E-state index >= 15 is 0 Å². The van der Waals surface area contributed by atoms with E-state index in [1.54, 1.807) is 25.3 Å². The van der Waals surface area contributed by atoms with E-state index in [1.165, 1.54) is 12.3 Å². The van der Waals surface area contributed by atoms with Crippen LogP contribution in [-0.4, -0.2) is 55.0 Å². The van der Waals surface area contributed by atoms with Crippen molar-refractivity contribution in [3.63, 3.8) is 0 Å². The number of nitrogens with one attached hydrogen (secondary N) is 2. The average molecular weight is 442 g/mol. The molecule has 0 aliphatic carbocycles. The molecule has 0 spiro atoms. The number of carbonyl (C=O) groups is 1. The van der Waals surface area contributed by atoms with Crippen molar-refractivity contribution >= 4 is 5.91 Å². The molecule has 0 bridgehead atoms. The molecule has 0 aromatic carbocycles. The van der Waals surface area contributed by atoms with E-state index in [9.17, 15) is 18.0 Å². The first-order valence-electron chi connectivity index (χ1n) is 9.89. The van der Waals surface area contributed by atoms with Gasteiger partial charge >= 0.3 is 0 Å². The van der Waals surface area contributed by atoms with Crippen molar-refractivity contribution in [1.29, 1.82) is 0 Å². The van der Waals surface area contributed by atoms with Crippen molar-refractivity contribution in [2.24, 2.45) is 0 Å². The summed E-state index contributed by atoms with van der Waals surface area (Å²) in [7, 11) is 1.55. The van der Waals surface area contributed by atoms with Crippen LogP contribution in [0.15, 0.2) is 30.5 Å². The van der Waals surface area contributed by atoms with Gasteiger partial charge in [0, 0.05) is 47.7 Å². The molecule has 10 heteroatoms. The second kappa shape index (κ2) is 10.1. The largest absolute Gasteiger partial charge is 0.475 e. The van der Waals surface area contributed by atoms with Gasteiger partial charge in [-0.05, 0) is 17.7 Å². The number of hydrogen-bond donors (Lipinski definition) is 2. The SMILES string of the molecule is COCCOc1cc(-c2ccc(C(C)(F)F)nc2)cc(CNC(=O)[C@@H]2C[C@@H](F)CN2)n1.[HH].[HH]. The molecular weight excluding hydrogens is 413 g/mol. The van der Waals surface area contributed by atoms with Crippen LogP contribution in [0, 0.1) is 0 Å². The molecule has 1 amide bonds. The molecule has 1 aliphatic rings. The van der Waals surface area contributed by atoms with Gasteiger partial charge in [-0.25, -0.2) is 9.37 Å². The van der Waals surface area contributed by atoms with E-state index in [1.807, 2.05) is 0 Å². The minimum absolute atomic E-state index is 0. The predicted octanol–water partition coefficient (Wildman–Crippen LogP) is 3.09. The molecule has 3 rings (SSSR count). The molecule has 1 saturated heterocycles. The number of methoxy groups -OCH3 is 1. The number of amides is 1. The maximum atomic E-state index is 13.4. The molecular formula is C21H29F3N4O3. The fourth-order valence-corrected chi connectivity index (χ4v) is 3.14. The first-order valence-corrected chi connectivity index (χ1v) is 9.89. The van der Waals surface area contributed by atoms with Crippen LogP contribution in [0.5, 0.6) is 5.88 Å². The molecule has 2 aromatic heterocycles. The van der Waals surface area contributed by atoms with Crippen LogP contribution in [0.3, 0.4) is 0 Å². The summed E-state index contributed by atoms with van der Waals surface area (Å²) in [5, 5.41) is 5.57. The van der Waals surface area contributed by atoms with Crippen LogP contribution in [0.4, 0.5) is 13.2 Å². The molecule has 1 aliphatic heterocycles. The molecule has 2 aromatic rings. The van der Waals surface area contributed by atoms with Gasteiger partial charge in [-0.2, -0.15) is 8.78 Å². The summed E-state index contributed by atoms with van der Waals surface area (Å²) in [5.74, 6) is -3.05. The normalized spacial score (nSPS) is 18.7. The van der Waals surface area contributed by atoms with Gasteiger partial charge in [0.15, 0.2) is 0 Å².